The topological polar surface area (TPSA) is 79.8 Å². The molecule has 0 aliphatic heterocycles. The summed E-state index contributed by atoms with van der Waals surface area (Å²) in [5.41, 5.74) is -2.13. The van der Waals surface area contributed by atoms with E-state index in [1.807, 2.05) is 0 Å². The Morgan fingerprint density at radius 3 is 2.67 bits per heavy atom. The van der Waals surface area contributed by atoms with E-state index >= 15 is 0 Å². The molecular formula is C7H2ClF2N3O2. The van der Waals surface area contributed by atoms with Crippen LogP contribution in [0.3, 0.4) is 0 Å². The molecule has 5 nitrogen and oxygen atoms in total. The molecule has 1 heterocycles. The summed E-state index contributed by atoms with van der Waals surface area (Å²) in [7, 11) is 0. The Morgan fingerprint density at radius 1 is 1.67 bits per heavy atom. The second kappa shape index (κ2) is 4.14. The Balaban J connectivity index is 3.45. The largest absolute Gasteiger partial charge is 0.306 e. The van der Waals surface area contributed by atoms with Crippen LogP contribution in [0.25, 0.3) is 0 Å². The Labute approximate surface area is 87.1 Å². The molecule has 0 aliphatic rings. The fraction of sp³-hybridized carbons (Fsp3) is 0.143. The molecule has 0 bridgehead atoms. The molecule has 0 aromatic carbocycles. The Morgan fingerprint density at radius 2 is 2.27 bits per heavy atom. The van der Waals surface area contributed by atoms with Gasteiger partial charge in [0.15, 0.2) is 0 Å². The van der Waals surface area contributed by atoms with E-state index in [9.17, 15) is 18.9 Å². The van der Waals surface area contributed by atoms with E-state index in [0.29, 0.717) is 6.07 Å². The molecule has 1 aromatic rings. The van der Waals surface area contributed by atoms with E-state index < -0.39 is 33.4 Å². The van der Waals surface area contributed by atoms with E-state index in [4.69, 9.17) is 16.9 Å². The quantitative estimate of drug-likeness (QED) is 0.446. The average Bonchev–Trinajstić information content (AvgIpc) is 2.16. The third-order valence-electron chi connectivity index (χ3n) is 1.52. The van der Waals surface area contributed by atoms with Gasteiger partial charge in [-0.3, -0.25) is 10.1 Å². The predicted octanol–water partition coefficient (Wildman–Crippen LogP) is 2.45. The highest BCUT2D eigenvalue weighted by Crippen LogP contribution is 2.30. The predicted molar refractivity (Wildman–Crippen MR) is 45.6 cm³/mol. The number of pyridine rings is 1. The minimum absolute atomic E-state index is 0.554. The van der Waals surface area contributed by atoms with Crippen molar-refractivity contribution in [2.24, 2.45) is 0 Å². The monoisotopic (exact) mass is 233 g/mol. The van der Waals surface area contributed by atoms with Gasteiger partial charge in [0.2, 0.25) is 5.69 Å². The minimum atomic E-state index is -2.98. The molecule has 0 saturated carbocycles. The molecule has 0 N–H and O–H groups in total. The SMILES string of the molecule is N#Cc1nc(Cl)c(C(F)F)cc1[N+](=O)[O-]. The van der Waals surface area contributed by atoms with Crippen molar-refractivity contribution in [1.82, 2.24) is 4.98 Å². The van der Waals surface area contributed by atoms with Gasteiger partial charge in [-0.1, -0.05) is 11.6 Å². The molecule has 0 amide bonds. The zero-order valence-corrected chi connectivity index (χ0v) is 7.70. The Kier molecular flexibility index (Phi) is 3.11. The van der Waals surface area contributed by atoms with Crippen LogP contribution in [0.15, 0.2) is 6.07 Å². The highest BCUT2D eigenvalue weighted by molar-refractivity contribution is 6.30. The summed E-state index contributed by atoms with van der Waals surface area (Å²) in [6, 6.07) is 1.96. The molecule has 1 rings (SSSR count). The van der Waals surface area contributed by atoms with E-state index in [2.05, 4.69) is 4.98 Å². The standard InChI is InChI=1S/C7H2ClF2N3O2/c8-6-3(7(9)10)1-5(13(14)15)4(2-11)12-6/h1,7H. The summed E-state index contributed by atoms with van der Waals surface area (Å²) < 4.78 is 24.6. The van der Waals surface area contributed by atoms with Crippen LogP contribution in [0.1, 0.15) is 17.7 Å². The number of hydrogen-bond acceptors (Lipinski definition) is 4. The second-order valence-corrected chi connectivity index (χ2v) is 2.76. The third kappa shape index (κ3) is 2.16. The summed E-state index contributed by atoms with van der Waals surface area (Å²) in [6.45, 7) is 0. The first-order valence-electron chi connectivity index (χ1n) is 3.50. The van der Waals surface area contributed by atoms with Gasteiger partial charge in [0.25, 0.3) is 6.43 Å². The molecule has 0 unspecified atom stereocenters. The Bertz CT molecular complexity index is 458. The van der Waals surface area contributed by atoms with E-state index in [0.717, 1.165) is 0 Å². The number of halogens is 3. The lowest BCUT2D eigenvalue weighted by Crippen LogP contribution is -1.99. The number of hydrogen-bond donors (Lipinski definition) is 0. The normalized spacial score (nSPS) is 10.1. The fourth-order valence-electron chi connectivity index (χ4n) is 0.870. The van der Waals surface area contributed by atoms with Gasteiger partial charge in [0.1, 0.15) is 11.2 Å². The Hall–Kier alpha value is -1.81. The minimum Gasteiger partial charge on any atom is -0.258 e. The summed E-state index contributed by atoms with van der Waals surface area (Å²) in [5.74, 6) is 0. The summed E-state index contributed by atoms with van der Waals surface area (Å²) in [6.07, 6.45) is -2.98. The van der Waals surface area contributed by atoms with Gasteiger partial charge in [0.05, 0.1) is 10.5 Å². The van der Waals surface area contributed by atoms with Crippen molar-refractivity contribution in [3.05, 3.63) is 32.6 Å². The molecule has 0 saturated heterocycles. The first-order chi connectivity index (χ1) is 6.97. The van der Waals surface area contributed by atoms with Crippen molar-refractivity contribution in [3.8, 4) is 6.07 Å². The van der Waals surface area contributed by atoms with E-state index in [1.165, 1.54) is 6.07 Å². The van der Waals surface area contributed by atoms with Gasteiger partial charge in [-0.05, 0) is 0 Å². The number of nitrogens with zero attached hydrogens (tertiary/aromatic N) is 3. The highest BCUT2D eigenvalue weighted by Gasteiger charge is 2.23. The van der Waals surface area contributed by atoms with Gasteiger partial charge in [-0.2, -0.15) is 5.26 Å². The smallest absolute Gasteiger partial charge is 0.258 e. The first kappa shape index (κ1) is 11.3. The molecule has 15 heavy (non-hydrogen) atoms. The van der Waals surface area contributed by atoms with Crippen molar-refractivity contribution in [1.29, 1.82) is 5.26 Å². The second-order valence-electron chi connectivity index (χ2n) is 2.41. The number of rotatable bonds is 2. The van der Waals surface area contributed by atoms with Gasteiger partial charge in [-0.15, -0.1) is 0 Å². The van der Waals surface area contributed by atoms with Crippen LogP contribution < -0.4 is 0 Å². The van der Waals surface area contributed by atoms with Crippen LogP contribution in [0.5, 0.6) is 0 Å². The molecule has 0 fully saturated rings. The van der Waals surface area contributed by atoms with E-state index in [-0.39, 0.29) is 0 Å². The highest BCUT2D eigenvalue weighted by atomic mass is 35.5. The molecular weight excluding hydrogens is 232 g/mol. The van der Waals surface area contributed by atoms with Crippen LogP contribution >= 0.6 is 11.6 Å². The lowest BCUT2D eigenvalue weighted by atomic mass is 10.2. The summed E-state index contributed by atoms with van der Waals surface area (Å²) in [4.78, 5) is 12.6. The molecule has 0 atom stereocenters. The van der Waals surface area contributed by atoms with Crippen molar-refractivity contribution in [2.75, 3.05) is 0 Å². The maximum Gasteiger partial charge on any atom is 0.306 e. The van der Waals surface area contributed by atoms with Crippen molar-refractivity contribution < 1.29 is 13.7 Å². The summed E-state index contributed by atoms with van der Waals surface area (Å²) >= 11 is 5.31. The molecule has 0 spiro atoms. The number of aromatic nitrogens is 1. The fourth-order valence-corrected chi connectivity index (χ4v) is 1.09. The number of nitriles is 1. The molecule has 78 valence electrons. The van der Waals surface area contributed by atoms with Gasteiger partial charge >= 0.3 is 5.69 Å². The lowest BCUT2D eigenvalue weighted by Gasteiger charge is -2.02. The summed E-state index contributed by atoms with van der Waals surface area (Å²) in [5, 5.41) is 18.2. The zero-order chi connectivity index (χ0) is 11.6. The lowest BCUT2D eigenvalue weighted by molar-refractivity contribution is -0.385. The van der Waals surface area contributed by atoms with Crippen LogP contribution in [0.4, 0.5) is 14.5 Å². The maximum absolute atomic E-state index is 12.3. The number of nitro groups is 1. The van der Waals surface area contributed by atoms with Gasteiger partial charge < -0.3 is 0 Å². The maximum atomic E-state index is 12.3. The first-order valence-corrected chi connectivity index (χ1v) is 3.88. The third-order valence-corrected chi connectivity index (χ3v) is 1.82. The van der Waals surface area contributed by atoms with Gasteiger partial charge in [-0.25, -0.2) is 13.8 Å². The zero-order valence-electron chi connectivity index (χ0n) is 6.95. The van der Waals surface area contributed by atoms with Crippen LogP contribution in [0, 0.1) is 21.4 Å². The van der Waals surface area contributed by atoms with Crippen LogP contribution in [0.2, 0.25) is 5.15 Å². The van der Waals surface area contributed by atoms with Crippen molar-refractivity contribution >= 4 is 17.3 Å². The van der Waals surface area contributed by atoms with Crippen LogP contribution in [-0.2, 0) is 0 Å². The average molecular weight is 234 g/mol. The van der Waals surface area contributed by atoms with Crippen LogP contribution in [-0.4, -0.2) is 9.91 Å². The van der Waals surface area contributed by atoms with Gasteiger partial charge in [0, 0.05) is 6.07 Å². The number of alkyl halides is 2. The van der Waals surface area contributed by atoms with E-state index in [1.54, 1.807) is 0 Å². The van der Waals surface area contributed by atoms with Crippen molar-refractivity contribution in [3.63, 3.8) is 0 Å². The molecule has 0 radical (unpaired) electrons. The molecule has 1 aromatic heterocycles. The molecule has 8 heteroatoms. The van der Waals surface area contributed by atoms with Crippen molar-refractivity contribution in [2.45, 2.75) is 6.43 Å². The molecule has 0 aliphatic carbocycles.